The van der Waals surface area contributed by atoms with Crippen molar-refractivity contribution in [2.24, 2.45) is 5.92 Å². The molecule has 0 bridgehead atoms. The van der Waals surface area contributed by atoms with E-state index < -0.39 is 18.2 Å². The summed E-state index contributed by atoms with van der Waals surface area (Å²) in [7, 11) is 0. The van der Waals surface area contributed by atoms with Crippen LogP contribution in [0.3, 0.4) is 0 Å². The third kappa shape index (κ3) is 3.58. The summed E-state index contributed by atoms with van der Waals surface area (Å²) in [5, 5.41) is 18.1. The first-order valence-corrected chi connectivity index (χ1v) is 10.7. The van der Waals surface area contributed by atoms with Gasteiger partial charge in [0.05, 0.1) is 23.2 Å². The molecule has 4 heterocycles. The van der Waals surface area contributed by atoms with E-state index in [2.05, 4.69) is 25.4 Å². The number of hydrogen-bond donors (Lipinski definition) is 2. The number of anilines is 1. The van der Waals surface area contributed by atoms with Crippen LogP contribution in [0.4, 0.5) is 10.2 Å². The molecule has 164 valence electrons. The monoisotopic (exact) mass is 434 g/mol. The van der Waals surface area contributed by atoms with Crippen molar-refractivity contribution in [3.05, 3.63) is 48.2 Å². The lowest BCUT2D eigenvalue weighted by molar-refractivity contribution is -0.117. The smallest absolute Gasteiger partial charge is 0.231 e. The average Bonchev–Trinajstić information content (AvgIpc) is 3.30. The molecule has 3 atom stereocenters. The van der Waals surface area contributed by atoms with Crippen LogP contribution in [-0.2, 0) is 4.79 Å². The molecule has 1 fully saturated rings. The van der Waals surface area contributed by atoms with Gasteiger partial charge in [-0.25, -0.2) is 18.9 Å². The van der Waals surface area contributed by atoms with Crippen molar-refractivity contribution in [1.29, 1.82) is 0 Å². The van der Waals surface area contributed by atoms with Crippen molar-refractivity contribution in [3.8, 4) is 11.1 Å². The van der Waals surface area contributed by atoms with Gasteiger partial charge in [-0.3, -0.25) is 9.78 Å². The number of halogens is 1. The molecule has 0 radical (unpaired) electrons. The molecular formula is C23H23FN6O2. The number of aryl methyl sites for hydroxylation is 1. The number of nitrogens with zero attached hydrogens (tertiary/aromatic N) is 5. The minimum absolute atomic E-state index is 0.262. The highest BCUT2D eigenvalue weighted by Gasteiger charge is 2.43. The van der Waals surface area contributed by atoms with Gasteiger partial charge in [0.1, 0.15) is 18.3 Å². The number of rotatable bonds is 6. The Labute approximate surface area is 183 Å². The van der Waals surface area contributed by atoms with Crippen LogP contribution in [0.1, 0.15) is 43.5 Å². The number of pyridine rings is 3. The summed E-state index contributed by atoms with van der Waals surface area (Å²) in [5.41, 5.74) is 4.71. The summed E-state index contributed by atoms with van der Waals surface area (Å²) in [6.45, 7) is 4.00. The second-order valence-corrected chi connectivity index (χ2v) is 8.26. The minimum Gasteiger partial charge on any atom is -0.387 e. The summed E-state index contributed by atoms with van der Waals surface area (Å²) in [6, 6.07) is 5.58. The fourth-order valence-electron chi connectivity index (χ4n) is 3.96. The molecule has 32 heavy (non-hydrogen) atoms. The van der Waals surface area contributed by atoms with Gasteiger partial charge in [0.25, 0.3) is 0 Å². The quantitative estimate of drug-likeness (QED) is 0.479. The number of aromatic nitrogens is 5. The SMILES string of the molecule is CCC[C@@H](O)c1cc(C)c(-c2cc3cnc(NC(=O)[C@@H]4C[C@@H]4F)cc3n3ncnc23)cn1. The largest absolute Gasteiger partial charge is 0.387 e. The minimum atomic E-state index is -1.06. The molecule has 1 saturated carbocycles. The van der Waals surface area contributed by atoms with E-state index in [4.69, 9.17) is 0 Å². The Kier molecular flexibility index (Phi) is 5.05. The predicted octanol–water partition coefficient (Wildman–Crippen LogP) is 3.78. The molecule has 0 spiro atoms. The van der Waals surface area contributed by atoms with E-state index in [0.717, 1.165) is 34.0 Å². The second-order valence-electron chi connectivity index (χ2n) is 8.26. The maximum Gasteiger partial charge on any atom is 0.231 e. The lowest BCUT2D eigenvalue weighted by atomic mass is 10.00. The van der Waals surface area contributed by atoms with Gasteiger partial charge in [-0.15, -0.1) is 0 Å². The zero-order chi connectivity index (χ0) is 22.4. The number of amides is 1. The third-order valence-electron chi connectivity index (χ3n) is 5.85. The van der Waals surface area contributed by atoms with Crippen molar-refractivity contribution in [3.63, 3.8) is 0 Å². The van der Waals surface area contributed by atoms with Crippen LogP contribution in [0.15, 0.2) is 36.9 Å². The van der Waals surface area contributed by atoms with Gasteiger partial charge < -0.3 is 10.4 Å². The molecule has 1 aliphatic rings. The van der Waals surface area contributed by atoms with E-state index in [0.29, 0.717) is 23.6 Å². The van der Waals surface area contributed by atoms with Gasteiger partial charge in [-0.05, 0) is 37.5 Å². The molecule has 0 aliphatic heterocycles. The molecule has 9 heteroatoms. The van der Waals surface area contributed by atoms with E-state index in [-0.39, 0.29) is 12.3 Å². The highest BCUT2D eigenvalue weighted by atomic mass is 19.1. The number of aliphatic hydroxyl groups is 1. The van der Waals surface area contributed by atoms with Crippen molar-refractivity contribution in [2.75, 3.05) is 5.32 Å². The van der Waals surface area contributed by atoms with E-state index >= 15 is 0 Å². The van der Waals surface area contributed by atoms with Crippen molar-refractivity contribution < 1.29 is 14.3 Å². The maximum atomic E-state index is 13.2. The molecule has 0 unspecified atom stereocenters. The Hall–Kier alpha value is -3.46. The van der Waals surface area contributed by atoms with E-state index in [1.54, 1.807) is 23.0 Å². The van der Waals surface area contributed by atoms with Crippen LogP contribution < -0.4 is 5.32 Å². The second kappa shape index (κ2) is 7.90. The Bertz CT molecular complexity index is 1340. The van der Waals surface area contributed by atoms with Crippen LogP contribution in [0.2, 0.25) is 0 Å². The molecule has 4 aromatic heterocycles. The molecule has 5 rings (SSSR count). The molecule has 2 N–H and O–H groups in total. The van der Waals surface area contributed by atoms with Crippen molar-refractivity contribution >= 4 is 28.3 Å². The van der Waals surface area contributed by atoms with Crippen molar-refractivity contribution in [2.45, 2.75) is 45.4 Å². The van der Waals surface area contributed by atoms with Gasteiger partial charge in [0.2, 0.25) is 5.91 Å². The summed E-state index contributed by atoms with van der Waals surface area (Å²) < 4.78 is 14.9. The zero-order valence-electron chi connectivity index (χ0n) is 17.8. The molecule has 4 aromatic rings. The summed E-state index contributed by atoms with van der Waals surface area (Å²) in [4.78, 5) is 25.3. The molecular weight excluding hydrogens is 411 g/mol. The number of carbonyl (C=O) groups is 1. The van der Waals surface area contributed by atoms with Gasteiger partial charge in [-0.1, -0.05) is 13.3 Å². The Balaban J connectivity index is 1.55. The predicted molar refractivity (Wildman–Crippen MR) is 118 cm³/mol. The first-order chi connectivity index (χ1) is 15.5. The molecule has 8 nitrogen and oxygen atoms in total. The van der Waals surface area contributed by atoms with Crippen LogP contribution in [0.25, 0.3) is 27.7 Å². The fraction of sp³-hybridized carbons (Fsp3) is 0.348. The van der Waals surface area contributed by atoms with Crippen LogP contribution in [0, 0.1) is 12.8 Å². The van der Waals surface area contributed by atoms with Crippen LogP contribution in [0.5, 0.6) is 0 Å². The summed E-state index contributed by atoms with van der Waals surface area (Å²) in [6.07, 6.45) is 5.02. The fourth-order valence-corrected chi connectivity index (χ4v) is 3.96. The number of hydrogen-bond acceptors (Lipinski definition) is 6. The average molecular weight is 434 g/mol. The number of carbonyl (C=O) groups excluding carboxylic acids is 1. The zero-order valence-corrected chi connectivity index (χ0v) is 17.8. The van der Waals surface area contributed by atoms with E-state index in [9.17, 15) is 14.3 Å². The Morgan fingerprint density at radius 1 is 1.25 bits per heavy atom. The third-order valence-corrected chi connectivity index (χ3v) is 5.85. The molecule has 0 aromatic carbocycles. The van der Waals surface area contributed by atoms with Crippen molar-refractivity contribution in [1.82, 2.24) is 24.6 Å². The van der Waals surface area contributed by atoms with Gasteiger partial charge in [0, 0.05) is 35.0 Å². The van der Waals surface area contributed by atoms with E-state index in [1.807, 2.05) is 26.0 Å². The lowest BCUT2D eigenvalue weighted by Crippen LogP contribution is -2.16. The highest BCUT2D eigenvalue weighted by Crippen LogP contribution is 2.35. The standard InChI is InChI=1S/C23H23FN6O2/c1-3-4-20(31)18-5-12(2)16(10-25-18)14-6-13-9-26-21(29-23(32)15-7-17(15)24)8-19(13)30-22(14)27-11-28-30/h5-6,8-11,15,17,20,31H,3-4,7H2,1-2H3,(H,26,29,32)/t15-,17+,20-/m1/s1. The normalized spacial score (nSPS) is 18.8. The number of aliphatic hydroxyl groups excluding tert-OH is 1. The van der Waals surface area contributed by atoms with Crippen LogP contribution in [-0.4, -0.2) is 41.8 Å². The topological polar surface area (TPSA) is 105 Å². The number of fused-ring (bicyclic) bond motifs is 3. The summed E-state index contributed by atoms with van der Waals surface area (Å²) >= 11 is 0. The first kappa shape index (κ1) is 20.4. The van der Waals surface area contributed by atoms with Gasteiger partial charge >= 0.3 is 0 Å². The number of nitrogens with one attached hydrogen (secondary N) is 1. The Morgan fingerprint density at radius 2 is 2.06 bits per heavy atom. The first-order valence-electron chi connectivity index (χ1n) is 10.7. The lowest BCUT2D eigenvalue weighted by Gasteiger charge is -2.14. The van der Waals surface area contributed by atoms with Gasteiger partial charge in [0.15, 0.2) is 5.65 Å². The maximum absolute atomic E-state index is 13.2. The molecule has 0 saturated heterocycles. The molecule has 1 amide bonds. The van der Waals surface area contributed by atoms with Crippen LogP contribution >= 0.6 is 0 Å². The molecule has 1 aliphatic carbocycles. The Morgan fingerprint density at radius 3 is 2.78 bits per heavy atom. The summed E-state index contributed by atoms with van der Waals surface area (Å²) in [5.74, 6) is -0.600. The number of alkyl halides is 1. The van der Waals surface area contributed by atoms with Gasteiger partial charge in [-0.2, -0.15) is 5.10 Å². The van der Waals surface area contributed by atoms with E-state index in [1.165, 1.54) is 6.33 Å². The highest BCUT2D eigenvalue weighted by molar-refractivity contribution is 5.97.